The van der Waals surface area contributed by atoms with Crippen LogP contribution in [0, 0.1) is 0 Å². The molecule has 1 aromatic rings. The normalized spacial score (nSPS) is 14.1. The van der Waals surface area contributed by atoms with Crippen LogP contribution >= 0.6 is 0 Å². The van der Waals surface area contributed by atoms with E-state index < -0.39 is 5.54 Å². The molecule has 0 N–H and O–H groups in total. The minimum absolute atomic E-state index is 0.218. The Labute approximate surface area is 128 Å². The van der Waals surface area contributed by atoms with Crippen LogP contribution < -0.4 is 4.74 Å². The smallest absolute Gasteiger partial charge is 0.186 e. The van der Waals surface area contributed by atoms with Gasteiger partial charge in [-0.25, -0.2) is 0 Å². The zero-order valence-corrected chi connectivity index (χ0v) is 13.7. The molecule has 2 rings (SSSR count). The number of benzene rings is 1. The topological polar surface area (TPSA) is 29.5 Å². The molecule has 0 spiro atoms. The number of rotatable bonds is 7. The lowest BCUT2D eigenvalue weighted by atomic mass is 9.81. The molecular formula is C18H27NO2. The molecule has 21 heavy (non-hydrogen) atoms. The second kappa shape index (κ2) is 6.61. The number of fused-ring (bicyclic) bond motifs is 1. The van der Waals surface area contributed by atoms with Crippen LogP contribution in [-0.2, 0) is 6.42 Å². The van der Waals surface area contributed by atoms with Gasteiger partial charge in [-0.1, -0.05) is 39.8 Å². The van der Waals surface area contributed by atoms with E-state index in [1.165, 1.54) is 5.56 Å². The van der Waals surface area contributed by atoms with Gasteiger partial charge in [0.25, 0.3) is 0 Å². The van der Waals surface area contributed by atoms with Crippen molar-refractivity contribution in [1.29, 1.82) is 0 Å². The number of para-hydroxylation sites is 1. The van der Waals surface area contributed by atoms with Crippen LogP contribution in [0.2, 0.25) is 0 Å². The van der Waals surface area contributed by atoms with E-state index >= 15 is 0 Å². The molecule has 116 valence electrons. The molecule has 0 saturated carbocycles. The number of nitrogens with zero attached hydrogens (tertiary/aromatic N) is 1. The summed E-state index contributed by atoms with van der Waals surface area (Å²) in [5.74, 6) is 1.04. The molecule has 0 radical (unpaired) electrons. The molecule has 0 unspecified atom stereocenters. The molecule has 1 aliphatic heterocycles. The molecule has 0 aliphatic carbocycles. The van der Waals surface area contributed by atoms with Crippen LogP contribution in [0.4, 0.5) is 0 Å². The number of likely N-dealkylation sites (N-methyl/N-ethyl adjacent to an activating group) is 1. The predicted octanol–water partition coefficient (Wildman–Crippen LogP) is 3.70. The van der Waals surface area contributed by atoms with Crippen molar-refractivity contribution in [2.45, 2.75) is 52.5 Å². The Morgan fingerprint density at radius 2 is 1.86 bits per heavy atom. The van der Waals surface area contributed by atoms with Gasteiger partial charge in [-0.3, -0.25) is 9.69 Å². The maximum absolute atomic E-state index is 13.3. The van der Waals surface area contributed by atoms with E-state index in [-0.39, 0.29) is 5.78 Å². The lowest BCUT2D eigenvalue weighted by Gasteiger charge is -2.41. The van der Waals surface area contributed by atoms with Gasteiger partial charge < -0.3 is 4.74 Å². The van der Waals surface area contributed by atoms with Crippen molar-refractivity contribution in [3.05, 3.63) is 29.3 Å². The summed E-state index contributed by atoms with van der Waals surface area (Å²) in [7, 11) is 0. The number of hydrogen-bond donors (Lipinski definition) is 0. The van der Waals surface area contributed by atoms with E-state index in [9.17, 15) is 4.79 Å². The van der Waals surface area contributed by atoms with Crippen molar-refractivity contribution in [1.82, 2.24) is 4.90 Å². The molecular weight excluding hydrogens is 262 g/mol. The highest BCUT2D eigenvalue weighted by Gasteiger charge is 2.41. The highest BCUT2D eigenvalue weighted by molar-refractivity contribution is 6.05. The third kappa shape index (κ3) is 2.59. The van der Waals surface area contributed by atoms with Gasteiger partial charge in [-0.2, -0.15) is 0 Å². The first-order chi connectivity index (χ1) is 10.1. The summed E-state index contributed by atoms with van der Waals surface area (Å²) >= 11 is 0. The lowest BCUT2D eigenvalue weighted by molar-refractivity contribution is 0.0532. The van der Waals surface area contributed by atoms with E-state index in [4.69, 9.17) is 4.74 Å². The van der Waals surface area contributed by atoms with Crippen LogP contribution in [0.25, 0.3) is 0 Å². The Bertz CT molecular complexity index is 502. The van der Waals surface area contributed by atoms with Crippen molar-refractivity contribution >= 4 is 5.78 Å². The van der Waals surface area contributed by atoms with Crippen LogP contribution in [0.5, 0.6) is 5.75 Å². The van der Waals surface area contributed by atoms with Gasteiger partial charge in [-0.05, 0) is 37.6 Å². The molecule has 0 saturated heterocycles. The van der Waals surface area contributed by atoms with Gasteiger partial charge in [0.05, 0.1) is 17.7 Å². The van der Waals surface area contributed by atoms with Gasteiger partial charge >= 0.3 is 0 Å². The lowest BCUT2D eigenvalue weighted by Crippen LogP contribution is -2.53. The molecule has 1 aliphatic rings. The predicted molar refractivity (Wildman–Crippen MR) is 86.2 cm³/mol. The van der Waals surface area contributed by atoms with E-state index in [1.54, 1.807) is 0 Å². The number of ketones is 1. The number of carbonyl (C=O) groups is 1. The monoisotopic (exact) mass is 289 g/mol. The fourth-order valence-corrected chi connectivity index (χ4v) is 3.64. The minimum atomic E-state index is -0.412. The number of carbonyl (C=O) groups excluding carboxylic acids is 1. The van der Waals surface area contributed by atoms with E-state index in [1.807, 2.05) is 12.1 Å². The van der Waals surface area contributed by atoms with E-state index in [0.29, 0.717) is 6.61 Å². The molecule has 1 aromatic carbocycles. The Kier molecular flexibility index (Phi) is 5.04. The van der Waals surface area contributed by atoms with Gasteiger partial charge in [0.1, 0.15) is 5.75 Å². The Morgan fingerprint density at radius 3 is 2.43 bits per heavy atom. The molecule has 1 heterocycles. The number of ether oxygens (including phenoxy) is 1. The van der Waals surface area contributed by atoms with Gasteiger partial charge in [0.2, 0.25) is 0 Å². The first kappa shape index (κ1) is 16.0. The van der Waals surface area contributed by atoms with E-state index in [0.717, 1.165) is 43.7 Å². The molecule has 0 amide bonds. The molecule has 3 heteroatoms. The summed E-state index contributed by atoms with van der Waals surface area (Å²) in [5, 5.41) is 0. The molecule has 0 aromatic heterocycles. The Balaban J connectivity index is 2.47. The average molecular weight is 289 g/mol. The fraction of sp³-hybridized carbons (Fsp3) is 0.611. The molecule has 0 fully saturated rings. The average Bonchev–Trinajstić information content (AvgIpc) is 3.00. The van der Waals surface area contributed by atoms with Crippen molar-refractivity contribution < 1.29 is 9.53 Å². The van der Waals surface area contributed by atoms with Gasteiger partial charge in [-0.15, -0.1) is 0 Å². The van der Waals surface area contributed by atoms with Crippen molar-refractivity contribution in [2.24, 2.45) is 0 Å². The summed E-state index contributed by atoms with van der Waals surface area (Å²) in [6.45, 7) is 11.0. The highest BCUT2D eigenvalue weighted by atomic mass is 16.5. The van der Waals surface area contributed by atoms with Crippen LogP contribution in [0.15, 0.2) is 18.2 Å². The largest absolute Gasteiger partial charge is 0.492 e. The number of Topliss-reactive ketones (excluding diaryl/α,β-unsaturated/α-hetero) is 1. The Morgan fingerprint density at radius 1 is 1.19 bits per heavy atom. The number of hydrogen-bond acceptors (Lipinski definition) is 3. The summed E-state index contributed by atoms with van der Waals surface area (Å²) < 4.78 is 5.74. The van der Waals surface area contributed by atoms with E-state index in [2.05, 4.69) is 38.7 Å². The van der Waals surface area contributed by atoms with Gasteiger partial charge in [0.15, 0.2) is 5.78 Å². The van der Waals surface area contributed by atoms with Gasteiger partial charge in [0, 0.05) is 6.42 Å². The molecule has 0 bridgehead atoms. The first-order valence-electron chi connectivity index (χ1n) is 8.19. The second-order valence-electron chi connectivity index (χ2n) is 5.63. The van der Waals surface area contributed by atoms with Crippen molar-refractivity contribution in [2.75, 3.05) is 19.7 Å². The minimum Gasteiger partial charge on any atom is -0.492 e. The van der Waals surface area contributed by atoms with Crippen molar-refractivity contribution in [3.63, 3.8) is 0 Å². The maximum atomic E-state index is 13.3. The summed E-state index contributed by atoms with van der Waals surface area (Å²) in [4.78, 5) is 15.6. The third-order valence-corrected chi connectivity index (χ3v) is 4.92. The molecule has 0 atom stereocenters. The SMILES string of the molecule is CCN(CC)C(CC)(CC)C(=O)c1cccc2c1OCC2. The third-order valence-electron chi connectivity index (χ3n) is 4.92. The zero-order valence-electron chi connectivity index (χ0n) is 13.7. The van der Waals surface area contributed by atoms with Crippen LogP contribution in [-0.4, -0.2) is 35.9 Å². The van der Waals surface area contributed by atoms with Crippen LogP contribution in [0.1, 0.15) is 56.5 Å². The molecule has 3 nitrogen and oxygen atoms in total. The highest BCUT2D eigenvalue weighted by Crippen LogP contribution is 2.35. The zero-order chi connectivity index (χ0) is 15.5. The summed E-state index contributed by atoms with van der Waals surface area (Å²) in [6, 6.07) is 5.98. The summed E-state index contributed by atoms with van der Waals surface area (Å²) in [5.41, 5.74) is 1.52. The Hall–Kier alpha value is -1.35. The quantitative estimate of drug-likeness (QED) is 0.717. The second-order valence-corrected chi connectivity index (χ2v) is 5.63. The van der Waals surface area contributed by atoms with Crippen molar-refractivity contribution in [3.8, 4) is 5.75 Å². The summed E-state index contributed by atoms with van der Waals surface area (Å²) in [6.07, 6.45) is 2.56. The standard InChI is InChI=1S/C18H27NO2/c1-5-18(6-2,19(7-3)8-4)17(20)15-11-9-10-14-12-13-21-16(14)15/h9-11H,5-8,12-13H2,1-4H3. The maximum Gasteiger partial charge on any atom is 0.186 e. The first-order valence-corrected chi connectivity index (χ1v) is 8.19. The van der Waals surface area contributed by atoms with Crippen LogP contribution in [0.3, 0.4) is 0 Å². The fourth-order valence-electron chi connectivity index (χ4n) is 3.64.